The number of rotatable bonds is 4. The molecule has 0 amide bonds. The van der Waals surface area contributed by atoms with E-state index in [1.54, 1.807) is 0 Å². The van der Waals surface area contributed by atoms with E-state index >= 15 is 0 Å². The number of nitrogens with zero attached hydrogens (tertiary/aromatic N) is 2. The lowest BCUT2D eigenvalue weighted by Gasteiger charge is -2.08. The van der Waals surface area contributed by atoms with E-state index in [2.05, 4.69) is 15.3 Å². The topological polar surface area (TPSA) is 37.8 Å². The minimum Gasteiger partial charge on any atom is -0.353 e. The Labute approximate surface area is 86.7 Å². The zero-order chi connectivity index (χ0) is 9.97. The van der Waals surface area contributed by atoms with Gasteiger partial charge in [-0.25, -0.2) is 14.4 Å². The van der Waals surface area contributed by atoms with Crippen molar-refractivity contribution in [2.45, 2.75) is 18.2 Å². The molecule has 0 saturated heterocycles. The molecule has 1 aromatic rings. The van der Waals surface area contributed by atoms with Crippen LogP contribution < -0.4 is 5.32 Å². The Balaban J connectivity index is 1.82. The molecule has 1 fully saturated rings. The molecule has 1 saturated carbocycles. The number of aromatic nitrogens is 2. The van der Waals surface area contributed by atoms with Crippen LogP contribution in [-0.2, 0) is 0 Å². The molecule has 0 bridgehead atoms. The average Bonchev–Trinajstić information content (AvgIpc) is 3.00. The number of hydrogen-bond donors (Lipinski definition) is 1. The maximum atomic E-state index is 12.4. The largest absolute Gasteiger partial charge is 0.353 e. The SMILES string of the molecule is Fc1cnc(NCC(Cl)C2CC2)nc1. The number of anilines is 1. The minimum absolute atomic E-state index is 0.128. The van der Waals surface area contributed by atoms with E-state index in [4.69, 9.17) is 11.6 Å². The van der Waals surface area contributed by atoms with Crippen LogP contribution >= 0.6 is 11.6 Å². The van der Waals surface area contributed by atoms with Gasteiger partial charge in [-0.3, -0.25) is 0 Å². The predicted molar refractivity (Wildman–Crippen MR) is 52.8 cm³/mol. The van der Waals surface area contributed by atoms with Gasteiger partial charge in [0.15, 0.2) is 5.82 Å². The van der Waals surface area contributed by atoms with Gasteiger partial charge in [-0.05, 0) is 18.8 Å². The van der Waals surface area contributed by atoms with Crippen LogP contribution in [0.25, 0.3) is 0 Å². The summed E-state index contributed by atoms with van der Waals surface area (Å²) in [6.45, 7) is 0.637. The third-order valence-electron chi connectivity index (χ3n) is 2.21. The van der Waals surface area contributed by atoms with Crippen molar-refractivity contribution in [3.8, 4) is 0 Å². The van der Waals surface area contributed by atoms with E-state index in [1.807, 2.05) is 0 Å². The van der Waals surface area contributed by atoms with Crippen LogP contribution in [0.15, 0.2) is 12.4 Å². The maximum Gasteiger partial charge on any atom is 0.222 e. The summed E-state index contributed by atoms with van der Waals surface area (Å²) in [5.41, 5.74) is 0. The van der Waals surface area contributed by atoms with Crippen LogP contribution in [0.3, 0.4) is 0 Å². The van der Waals surface area contributed by atoms with Crippen molar-refractivity contribution < 1.29 is 4.39 Å². The molecule has 5 heteroatoms. The van der Waals surface area contributed by atoms with Gasteiger partial charge in [0.25, 0.3) is 0 Å². The minimum atomic E-state index is -0.430. The summed E-state index contributed by atoms with van der Waals surface area (Å²) in [6, 6.07) is 0. The molecule has 0 aromatic carbocycles. The first kappa shape index (κ1) is 9.65. The van der Waals surface area contributed by atoms with Crippen LogP contribution in [-0.4, -0.2) is 21.9 Å². The molecule has 1 N–H and O–H groups in total. The maximum absolute atomic E-state index is 12.4. The van der Waals surface area contributed by atoms with Crippen molar-refractivity contribution in [3.05, 3.63) is 18.2 Å². The van der Waals surface area contributed by atoms with E-state index in [9.17, 15) is 4.39 Å². The molecule has 1 aromatic heterocycles. The number of hydrogen-bond acceptors (Lipinski definition) is 3. The highest BCUT2D eigenvalue weighted by atomic mass is 35.5. The first-order valence-electron chi connectivity index (χ1n) is 4.61. The first-order chi connectivity index (χ1) is 6.75. The quantitative estimate of drug-likeness (QED) is 0.782. The van der Waals surface area contributed by atoms with Crippen molar-refractivity contribution in [3.63, 3.8) is 0 Å². The normalized spacial score (nSPS) is 17.9. The second-order valence-electron chi connectivity index (χ2n) is 3.46. The van der Waals surface area contributed by atoms with E-state index in [1.165, 1.54) is 12.8 Å². The molecule has 14 heavy (non-hydrogen) atoms. The smallest absolute Gasteiger partial charge is 0.222 e. The molecule has 1 heterocycles. The molecule has 1 aliphatic rings. The van der Waals surface area contributed by atoms with Crippen LogP contribution in [0.5, 0.6) is 0 Å². The fraction of sp³-hybridized carbons (Fsp3) is 0.556. The molecule has 1 atom stereocenters. The third-order valence-corrected chi connectivity index (χ3v) is 2.72. The van der Waals surface area contributed by atoms with Crippen molar-refractivity contribution in [1.29, 1.82) is 0 Å². The van der Waals surface area contributed by atoms with Crippen LogP contribution in [0.2, 0.25) is 0 Å². The lowest BCUT2D eigenvalue weighted by Crippen LogP contribution is -2.17. The molecular weight excluding hydrogens is 205 g/mol. The highest BCUT2D eigenvalue weighted by Gasteiger charge is 2.29. The molecule has 0 aliphatic heterocycles. The van der Waals surface area contributed by atoms with Gasteiger partial charge in [-0.15, -0.1) is 11.6 Å². The summed E-state index contributed by atoms with van der Waals surface area (Å²) < 4.78 is 12.4. The van der Waals surface area contributed by atoms with Gasteiger partial charge >= 0.3 is 0 Å². The summed E-state index contributed by atoms with van der Waals surface area (Å²) in [7, 11) is 0. The van der Waals surface area contributed by atoms with E-state index in [0.29, 0.717) is 18.4 Å². The standard InChI is InChI=1S/C9H11ClFN3/c10-8(6-1-2-6)5-14-9-12-3-7(11)4-13-9/h3-4,6,8H,1-2,5H2,(H,12,13,14). The number of alkyl halides is 1. The van der Waals surface area contributed by atoms with Crippen molar-refractivity contribution in [2.24, 2.45) is 5.92 Å². The molecular formula is C9H11ClFN3. The predicted octanol–water partition coefficient (Wildman–Crippen LogP) is 2.04. The molecule has 2 rings (SSSR count). The van der Waals surface area contributed by atoms with Crippen LogP contribution in [0, 0.1) is 11.7 Å². The van der Waals surface area contributed by atoms with E-state index in [-0.39, 0.29) is 5.38 Å². The molecule has 1 unspecified atom stereocenters. The summed E-state index contributed by atoms with van der Waals surface area (Å²) in [5, 5.41) is 3.10. The Morgan fingerprint density at radius 2 is 2.14 bits per heavy atom. The zero-order valence-electron chi connectivity index (χ0n) is 7.58. The van der Waals surface area contributed by atoms with Crippen molar-refractivity contribution >= 4 is 17.5 Å². The first-order valence-corrected chi connectivity index (χ1v) is 5.05. The summed E-state index contributed by atoms with van der Waals surface area (Å²) in [4.78, 5) is 7.55. The van der Waals surface area contributed by atoms with Crippen molar-refractivity contribution in [1.82, 2.24) is 9.97 Å². The Bertz CT molecular complexity index is 299. The summed E-state index contributed by atoms with van der Waals surface area (Å²) in [5.74, 6) is 0.627. The molecule has 0 spiro atoms. The fourth-order valence-corrected chi connectivity index (χ4v) is 1.55. The monoisotopic (exact) mass is 215 g/mol. The van der Waals surface area contributed by atoms with Crippen molar-refractivity contribution in [2.75, 3.05) is 11.9 Å². The van der Waals surface area contributed by atoms with Crippen LogP contribution in [0.4, 0.5) is 10.3 Å². The van der Waals surface area contributed by atoms with Gasteiger partial charge in [0, 0.05) is 6.54 Å². The summed E-state index contributed by atoms with van der Waals surface area (Å²) in [6.07, 6.45) is 4.69. The Hall–Kier alpha value is -0.900. The second kappa shape index (κ2) is 4.09. The number of halogens is 2. The van der Waals surface area contributed by atoms with Gasteiger partial charge < -0.3 is 5.32 Å². The highest BCUT2D eigenvalue weighted by molar-refractivity contribution is 6.21. The molecule has 1 aliphatic carbocycles. The van der Waals surface area contributed by atoms with Gasteiger partial charge in [0.2, 0.25) is 5.95 Å². The van der Waals surface area contributed by atoms with Gasteiger partial charge in [-0.1, -0.05) is 0 Å². The Morgan fingerprint density at radius 3 is 2.71 bits per heavy atom. The number of nitrogens with one attached hydrogen (secondary N) is 1. The molecule has 3 nitrogen and oxygen atoms in total. The Morgan fingerprint density at radius 1 is 1.50 bits per heavy atom. The molecule has 0 radical (unpaired) electrons. The second-order valence-corrected chi connectivity index (χ2v) is 4.02. The van der Waals surface area contributed by atoms with E-state index in [0.717, 1.165) is 12.4 Å². The highest BCUT2D eigenvalue weighted by Crippen LogP contribution is 2.35. The third kappa shape index (κ3) is 2.54. The fourth-order valence-electron chi connectivity index (χ4n) is 1.22. The van der Waals surface area contributed by atoms with Crippen LogP contribution in [0.1, 0.15) is 12.8 Å². The van der Waals surface area contributed by atoms with Gasteiger partial charge in [0.1, 0.15) is 0 Å². The zero-order valence-corrected chi connectivity index (χ0v) is 8.34. The summed E-state index contributed by atoms with van der Waals surface area (Å²) >= 11 is 6.07. The van der Waals surface area contributed by atoms with Gasteiger partial charge in [-0.2, -0.15) is 0 Å². The lowest BCUT2D eigenvalue weighted by atomic mass is 10.3. The van der Waals surface area contributed by atoms with Gasteiger partial charge in [0.05, 0.1) is 17.8 Å². The van der Waals surface area contributed by atoms with E-state index < -0.39 is 5.82 Å². The lowest BCUT2D eigenvalue weighted by molar-refractivity contribution is 0.613. The Kier molecular flexibility index (Phi) is 2.82. The average molecular weight is 216 g/mol. The molecule has 76 valence electrons.